The molecule has 0 radical (unpaired) electrons. The average Bonchev–Trinajstić information content (AvgIpc) is 3.78. The van der Waals surface area contributed by atoms with E-state index in [1.165, 1.54) is 17.0 Å². The molecule has 0 aromatic heterocycles. The fourth-order valence-corrected chi connectivity index (χ4v) is 8.75. The van der Waals surface area contributed by atoms with E-state index in [0.29, 0.717) is 18.4 Å². The summed E-state index contributed by atoms with van der Waals surface area (Å²) in [5.41, 5.74) is 16.8. The highest BCUT2D eigenvalue weighted by Gasteiger charge is 2.41. The molecule has 0 saturated carbocycles. The van der Waals surface area contributed by atoms with Gasteiger partial charge in [0.2, 0.25) is 47.3 Å². The van der Waals surface area contributed by atoms with E-state index in [-0.39, 0.29) is 69.6 Å². The van der Waals surface area contributed by atoms with Gasteiger partial charge in [0.1, 0.15) is 5.75 Å². The number of carbonyl (C=O) groups excluding carboxylic acids is 12. The van der Waals surface area contributed by atoms with E-state index in [4.69, 9.17) is 17.2 Å². The van der Waals surface area contributed by atoms with E-state index in [2.05, 4.69) is 21.3 Å². The van der Waals surface area contributed by atoms with Crippen LogP contribution in [0.25, 0.3) is 0 Å². The highest BCUT2D eigenvalue weighted by molar-refractivity contribution is 5.99. The molecule has 21 nitrogen and oxygen atoms in total. The van der Waals surface area contributed by atoms with Crippen LogP contribution >= 0.6 is 0 Å². The molecule has 0 unspecified atom stereocenters. The van der Waals surface area contributed by atoms with E-state index in [0.717, 1.165) is 0 Å². The molecule has 8 amide bonds. The van der Waals surface area contributed by atoms with Crippen molar-refractivity contribution in [2.24, 2.45) is 52.7 Å². The number of rotatable bonds is 18. The summed E-state index contributed by atoms with van der Waals surface area (Å²) in [6.45, 7) is 6.30. The third-order valence-electron chi connectivity index (χ3n) is 12.7. The minimum absolute atomic E-state index is 0.00317. The van der Waals surface area contributed by atoms with Crippen molar-refractivity contribution in [3.05, 3.63) is 29.8 Å². The first-order valence-corrected chi connectivity index (χ1v) is 23.7. The molecule has 380 valence electrons. The number of hydrogen-bond acceptors (Lipinski definition) is 13. The molecule has 0 aliphatic carbocycles. The van der Waals surface area contributed by atoms with Crippen molar-refractivity contribution in [1.29, 1.82) is 0 Å². The summed E-state index contributed by atoms with van der Waals surface area (Å²) >= 11 is 0. The molecular weight excluding hydrogens is 897 g/mol. The molecule has 11 N–H and O–H groups in total. The first-order chi connectivity index (χ1) is 32.5. The Balaban J connectivity index is 2.06. The number of hydrogen-bond donors (Lipinski definition) is 8. The number of nitrogens with two attached hydrogens (primary N) is 3. The van der Waals surface area contributed by atoms with Gasteiger partial charge in [-0.25, -0.2) is 0 Å². The number of phenolic OH excluding ortho intramolecular Hbond substituents is 1. The SMILES string of the molecule is CC[C@H](C)[C@@H]1NC(=O)[C@H](Cc2ccc(O)cc2)CC(=O)CNC(=O)CC[C@@H](C(=O)N2CCC[C@@H]2C(=O)C[C@@H](CC(C)C)C(=O)NCC(N)=O)CC(=O)[C@H](CC(N)=O)NC(=O)[C@H](CCC(N)=O)CC1=O. The molecule has 8 atom stereocenters. The number of phenols is 1. The molecule has 2 heterocycles. The predicted octanol–water partition coefficient (Wildman–Crippen LogP) is -0.0585. The van der Waals surface area contributed by atoms with E-state index in [9.17, 15) is 62.6 Å². The normalized spacial score (nSPS) is 23.5. The molecule has 1 aromatic rings. The second kappa shape index (κ2) is 27.5. The predicted molar refractivity (Wildman–Crippen MR) is 248 cm³/mol. The van der Waals surface area contributed by atoms with Gasteiger partial charge in [0.15, 0.2) is 23.1 Å². The quantitative estimate of drug-likeness (QED) is 0.0958. The molecule has 21 heteroatoms. The lowest BCUT2D eigenvalue weighted by atomic mass is 9.86. The van der Waals surface area contributed by atoms with E-state index in [1.807, 2.05) is 13.8 Å². The van der Waals surface area contributed by atoms with Gasteiger partial charge in [-0.3, -0.25) is 57.5 Å². The molecule has 0 spiro atoms. The number of likely N-dealkylation sites (tertiary alicyclic amines) is 1. The van der Waals surface area contributed by atoms with Gasteiger partial charge in [-0.2, -0.15) is 0 Å². The zero-order chi connectivity index (χ0) is 51.5. The van der Waals surface area contributed by atoms with Gasteiger partial charge >= 0.3 is 0 Å². The summed E-state index contributed by atoms with van der Waals surface area (Å²) in [6.07, 6.45) is -2.67. The second-order valence-electron chi connectivity index (χ2n) is 18.8. The maximum Gasteiger partial charge on any atom is 0.236 e. The highest BCUT2D eigenvalue weighted by Crippen LogP contribution is 2.29. The molecule has 2 aliphatic heterocycles. The van der Waals surface area contributed by atoms with Gasteiger partial charge < -0.3 is 48.5 Å². The molecule has 0 bridgehead atoms. The summed E-state index contributed by atoms with van der Waals surface area (Å²) < 4.78 is 0. The van der Waals surface area contributed by atoms with Gasteiger partial charge in [0.05, 0.1) is 37.6 Å². The summed E-state index contributed by atoms with van der Waals surface area (Å²) in [4.78, 5) is 162. The Kier molecular flexibility index (Phi) is 22.6. The smallest absolute Gasteiger partial charge is 0.236 e. The number of carbonyl (C=O) groups is 12. The van der Waals surface area contributed by atoms with E-state index >= 15 is 0 Å². The Labute approximate surface area is 401 Å². The number of nitrogens with one attached hydrogen (secondary N) is 4. The van der Waals surface area contributed by atoms with Crippen molar-refractivity contribution >= 4 is 70.4 Å². The largest absolute Gasteiger partial charge is 0.508 e. The van der Waals surface area contributed by atoms with Gasteiger partial charge in [0.25, 0.3) is 0 Å². The Morgan fingerprint density at radius 3 is 2.10 bits per heavy atom. The van der Waals surface area contributed by atoms with Crippen molar-refractivity contribution in [2.75, 3.05) is 19.6 Å². The molecule has 2 saturated heterocycles. The highest BCUT2D eigenvalue weighted by atomic mass is 16.3. The van der Waals surface area contributed by atoms with Crippen LogP contribution < -0.4 is 38.5 Å². The van der Waals surface area contributed by atoms with Gasteiger partial charge in [-0.05, 0) is 68.1 Å². The van der Waals surface area contributed by atoms with Crippen molar-refractivity contribution in [3.63, 3.8) is 0 Å². The summed E-state index contributed by atoms with van der Waals surface area (Å²) in [5.74, 6) is -13.7. The topological polar surface area (TPSA) is 354 Å². The standard InChI is InChI=1S/C48H70N8O13/c1-5-27(4)44-39(61)20-29(10-14-40(49)62)46(67)54-35(23-41(50)63)37(59)21-30(11-15-43(65)52-24-34(58)19-32(47(68)55-44)18-28-8-12-33(57)13-9-28)48(69)56-16-6-7-36(56)38(60)22-31(17-26(2)3)45(66)53-25-42(51)64/h8-9,12-13,26-27,29-32,35-36,44,57H,5-7,10-11,14-25H2,1-4H3,(H2,49,62)(H2,50,63)(H2,51,64)(H,52,65)(H,53,66)(H,54,67)(H,55,68)/t27-,29+,30+,31+,32+,35-,36+,44-/m0/s1. The Bertz CT molecular complexity index is 2080. The van der Waals surface area contributed by atoms with Crippen LogP contribution in [0.5, 0.6) is 5.75 Å². The molecule has 3 rings (SSSR count). The van der Waals surface area contributed by atoms with Crippen LogP contribution in [-0.2, 0) is 64.0 Å². The minimum Gasteiger partial charge on any atom is -0.508 e. The average molecular weight is 967 g/mol. The minimum atomic E-state index is -1.65. The second-order valence-corrected chi connectivity index (χ2v) is 18.8. The van der Waals surface area contributed by atoms with Gasteiger partial charge in [0, 0.05) is 68.7 Å². The Hall–Kier alpha value is -6.54. The summed E-state index contributed by atoms with van der Waals surface area (Å²) in [7, 11) is 0. The van der Waals surface area contributed by atoms with Gasteiger partial charge in [-0.1, -0.05) is 46.2 Å². The Morgan fingerprint density at radius 2 is 1.49 bits per heavy atom. The lowest BCUT2D eigenvalue weighted by molar-refractivity contribution is -0.144. The zero-order valence-corrected chi connectivity index (χ0v) is 40.1. The lowest BCUT2D eigenvalue weighted by Crippen LogP contribution is -2.51. The van der Waals surface area contributed by atoms with Gasteiger partial charge in [-0.15, -0.1) is 0 Å². The number of ketones is 4. The first-order valence-electron chi connectivity index (χ1n) is 23.7. The van der Waals surface area contributed by atoms with E-state index in [1.54, 1.807) is 26.0 Å². The molecule has 69 heavy (non-hydrogen) atoms. The summed E-state index contributed by atoms with van der Waals surface area (Å²) in [6, 6.07) is 2.09. The third-order valence-corrected chi connectivity index (χ3v) is 12.7. The maximum atomic E-state index is 14.6. The van der Waals surface area contributed by atoms with E-state index < -0.39 is 157 Å². The summed E-state index contributed by atoms with van der Waals surface area (Å²) in [5, 5.41) is 20.1. The van der Waals surface area contributed by atoms with Crippen molar-refractivity contribution in [1.82, 2.24) is 26.2 Å². The van der Waals surface area contributed by atoms with Crippen molar-refractivity contribution in [2.45, 2.75) is 136 Å². The molecular formula is C48H70N8O13. The fourth-order valence-electron chi connectivity index (χ4n) is 8.75. The van der Waals surface area contributed by atoms with Crippen molar-refractivity contribution < 1.29 is 62.6 Å². The molecule has 2 fully saturated rings. The number of Topliss-reactive ketones (excluding diaryl/α,β-unsaturated/α-hetero) is 4. The molecule has 1 aromatic carbocycles. The number of amides is 8. The number of nitrogens with zero attached hydrogens (tertiary/aromatic N) is 1. The van der Waals surface area contributed by atoms with Crippen LogP contribution in [0, 0.1) is 35.5 Å². The van der Waals surface area contributed by atoms with Crippen LogP contribution in [0.2, 0.25) is 0 Å². The van der Waals surface area contributed by atoms with Crippen LogP contribution in [0.3, 0.4) is 0 Å². The monoisotopic (exact) mass is 967 g/mol. The van der Waals surface area contributed by atoms with Crippen LogP contribution in [-0.4, -0.2) is 118 Å². The zero-order valence-electron chi connectivity index (χ0n) is 40.1. The Morgan fingerprint density at radius 1 is 0.826 bits per heavy atom. The first kappa shape index (κ1) is 56.8. The fraction of sp³-hybridized carbons (Fsp3) is 0.625. The van der Waals surface area contributed by atoms with Crippen LogP contribution in [0.15, 0.2) is 24.3 Å². The van der Waals surface area contributed by atoms with Crippen LogP contribution in [0.1, 0.15) is 117 Å². The number of benzene rings is 1. The number of primary amides is 3. The van der Waals surface area contributed by atoms with Crippen LogP contribution in [0.4, 0.5) is 0 Å². The molecule has 2 aliphatic rings. The lowest BCUT2D eigenvalue weighted by Gasteiger charge is -2.30. The maximum absolute atomic E-state index is 14.6. The number of aromatic hydroxyl groups is 1. The van der Waals surface area contributed by atoms with Crippen molar-refractivity contribution in [3.8, 4) is 5.75 Å². The third kappa shape index (κ3) is 18.8.